The Hall–Kier alpha value is -1.06. The molecule has 0 radical (unpaired) electrons. The summed E-state index contributed by atoms with van der Waals surface area (Å²) >= 11 is 0. The Morgan fingerprint density at radius 2 is 0.606 bits per heavy atom. The number of unbranched alkanes of at least 4 members (excludes halogenated alkanes) is 19. The molecule has 0 unspecified atom stereocenters. The molecule has 0 aromatic heterocycles. The average Bonchev–Trinajstić information content (AvgIpc) is 2.78. The Kier molecular flexibility index (Phi) is 32.0. The molecule has 33 heavy (non-hydrogen) atoms. The summed E-state index contributed by atoms with van der Waals surface area (Å²) < 4.78 is 9.76. The molecular formula is C29H58O4. The Morgan fingerprint density at radius 1 is 0.394 bits per heavy atom. The highest BCUT2D eigenvalue weighted by atomic mass is 16.5. The maximum absolute atomic E-state index is 10.5. The van der Waals surface area contributed by atoms with Crippen LogP contribution in [0.4, 0.5) is 0 Å². The summed E-state index contributed by atoms with van der Waals surface area (Å²) in [4.78, 5) is 21.0. The van der Waals surface area contributed by atoms with E-state index in [9.17, 15) is 9.59 Å². The van der Waals surface area contributed by atoms with Crippen LogP contribution in [0.25, 0.3) is 0 Å². The third-order valence-corrected chi connectivity index (χ3v) is 5.86. The van der Waals surface area contributed by atoms with Crippen LogP contribution in [-0.4, -0.2) is 25.2 Å². The number of hydrogen-bond acceptors (Lipinski definition) is 4. The van der Waals surface area contributed by atoms with Gasteiger partial charge in [0.05, 0.1) is 13.2 Å². The number of rotatable bonds is 23. The summed E-state index contributed by atoms with van der Waals surface area (Å²) in [6.45, 7) is 8.66. The van der Waals surface area contributed by atoms with Crippen molar-refractivity contribution in [3.8, 4) is 0 Å². The predicted molar refractivity (Wildman–Crippen MR) is 142 cm³/mol. The summed E-state index contributed by atoms with van der Waals surface area (Å²) in [7, 11) is 0. The minimum Gasteiger partial charge on any atom is -0.466 e. The van der Waals surface area contributed by atoms with Gasteiger partial charge in [-0.15, -0.1) is 0 Å². The second-order valence-corrected chi connectivity index (χ2v) is 9.40. The maximum atomic E-state index is 10.5. The van der Waals surface area contributed by atoms with Crippen LogP contribution in [0.15, 0.2) is 0 Å². The lowest BCUT2D eigenvalue weighted by atomic mass is 10.1. The highest BCUT2D eigenvalue weighted by Crippen LogP contribution is 2.12. The van der Waals surface area contributed by atoms with Crippen LogP contribution in [0.3, 0.4) is 0 Å². The van der Waals surface area contributed by atoms with Crippen LogP contribution in [0, 0.1) is 0 Å². The molecule has 0 saturated carbocycles. The van der Waals surface area contributed by atoms with Gasteiger partial charge in [0, 0.05) is 13.8 Å². The molecule has 0 aliphatic rings. The van der Waals surface area contributed by atoms with Crippen LogP contribution in [0.2, 0.25) is 0 Å². The van der Waals surface area contributed by atoms with E-state index in [4.69, 9.17) is 9.47 Å². The third kappa shape index (κ3) is 38.5. The topological polar surface area (TPSA) is 52.6 Å². The van der Waals surface area contributed by atoms with Gasteiger partial charge in [-0.3, -0.25) is 9.59 Å². The molecule has 0 amide bonds. The second-order valence-electron chi connectivity index (χ2n) is 9.40. The molecule has 0 heterocycles. The minimum absolute atomic E-state index is 0.155. The fourth-order valence-electron chi connectivity index (χ4n) is 3.79. The summed E-state index contributed by atoms with van der Waals surface area (Å²) in [6, 6.07) is 0. The van der Waals surface area contributed by atoms with Gasteiger partial charge in [0.2, 0.25) is 0 Å². The molecule has 0 aromatic rings. The van der Waals surface area contributed by atoms with Crippen molar-refractivity contribution in [3.05, 3.63) is 0 Å². The molecule has 0 bridgehead atoms. The van der Waals surface area contributed by atoms with Crippen LogP contribution in [-0.2, 0) is 19.1 Å². The van der Waals surface area contributed by atoms with Crippen molar-refractivity contribution in [2.75, 3.05) is 13.2 Å². The lowest BCUT2D eigenvalue weighted by molar-refractivity contribution is -0.142. The predicted octanol–water partition coefficient (Wildman–Crippen LogP) is 9.33. The fraction of sp³-hybridized carbons (Fsp3) is 0.931. The normalized spacial score (nSPS) is 10.4. The van der Waals surface area contributed by atoms with Crippen molar-refractivity contribution in [1.29, 1.82) is 0 Å². The summed E-state index contributed by atoms with van der Waals surface area (Å²) in [5.41, 5.74) is 0. The third-order valence-electron chi connectivity index (χ3n) is 5.86. The van der Waals surface area contributed by atoms with E-state index in [1.54, 1.807) is 0 Å². The smallest absolute Gasteiger partial charge is 0.302 e. The maximum Gasteiger partial charge on any atom is 0.302 e. The number of ether oxygens (including phenoxy) is 2. The van der Waals surface area contributed by atoms with Gasteiger partial charge in [-0.2, -0.15) is 0 Å². The molecule has 0 fully saturated rings. The second kappa shape index (κ2) is 30.9. The van der Waals surface area contributed by atoms with Crippen LogP contribution in [0.1, 0.15) is 163 Å². The Morgan fingerprint density at radius 3 is 0.818 bits per heavy atom. The molecule has 0 saturated heterocycles. The zero-order valence-electron chi connectivity index (χ0n) is 22.9. The number of esters is 2. The van der Waals surface area contributed by atoms with Gasteiger partial charge >= 0.3 is 11.9 Å². The van der Waals surface area contributed by atoms with Crippen molar-refractivity contribution in [2.24, 2.45) is 0 Å². The van der Waals surface area contributed by atoms with E-state index in [2.05, 4.69) is 13.8 Å². The summed E-state index contributed by atoms with van der Waals surface area (Å²) in [5.74, 6) is -0.312. The highest BCUT2D eigenvalue weighted by Gasteiger charge is 1.96. The summed E-state index contributed by atoms with van der Waals surface area (Å²) in [5, 5.41) is 0. The first kappa shape index (κ1) is 34.1. The fourth-order valence-corrected chi connectivity index (χ4v) is 3.79. The van der Waals surface area contributed by atoms with Crippen LogP contribution >= 0.6 is 0 Å². The van der Waals surface area contributed by atoms with Gasteiger partial charge < -0.3 is 9.47 Å². The van der Waals surface area contributed by atoms with Gasteiger partial charge in [0.25, 0.3) is 0 Å². The van der Waals surface area contributed by atoms with Crippen molar-refractivity contribution in [3.63, 3.8) is 0 Å². The van der Waals surface area contributed by atoms with E-state index in [0.717, 1.165) is 12.8 Å². The lowest BCUT2D eigenvalue weighted by Gasteiger charge is -2.03. The lowest BCUT2D eigenvalue weighted by Crippen LogP contribution is -2.00. The van der Waals surface area contributed by atoms with E-state index in [0.29, 0.717) is 13.2 Å². The van der Waals surface area contributed by atoms with Gasteiger partial charge in [-0.25, -0.2) is 0 Å². The number of hydrogen-bond donors (Lipinski definition) is 0. The van der Waals surface area contributed by atoms with Gasteiger partial charge in [-0.1, -0.05) is 136 Å². The van der Waals surface area contributed by atoms with Crippen molar-refractivity contribution in [1.82, 2.24) is 0 Å². The Labute approximate surface area is 207 Å². The molecule has 198 valence electrons. The molecule has 0 aliphatic carbocycles. The molecule has 0 atom stereocenters. The van der Waals surface area contributed by atoms with E-state index >= 15 is 0 Å². The summed E-state index contributed by atoms with van der Waals surface area (Å²) in [6.07, 6.45) is 27.7. The first-order valence-electron chi connectivity index (χ1n) is 14.3. The van der Waals surface area contributed by atoms with Crippen LogP contribution in [0.5, 0.6) is 0 Å². The van der Waals surface area contributed by atoms with Crippen molar-refractivity contribution in [2.45, 2.75) is 163 Å². The van der Waals surface area contributed by atoms with E-state index in [1.165, 1.54) is 136 Å². The van der Waals surface area contributed by atoms with Crippen LogP contribution < -0.4 is 0 Å². The molecule has 4 nitrogen and oxygen atoms in total. The monoisotopic (exact) mass is 470 g/mol. The molecule has 0 aliphatic heterocycles. The van der Waals surface area contributed by atoms with Gasteiger partial charge in [-0.05, 0) is 12.8 Å². The quantitative estimate of drug-likeness (QED) is 0.110. The van der Waals surface area contributed by atoms with Gasteiger partial charge in [0.1, 0.15) is 0 Å². The van der Waals surface area contributed by atoms with E-state index in [-0.39, 0.29) is 11.9 Å². The first-order chi connectivity index (χ1) is 16.0. The Bertz CT molecular complexity index is 395. The van der Waals surface area contributed by atoms with E-state index in [1.807, 2.05) is 0 Å². The number of carbonyl (C=O) groups is 2. The van der Waals surface area contributed by atoms with Gasteiger partial charge in [0.15, 0.2) is 0 Å². The molecule has 0 rings (SSSR count). The van der Waals surface area contributed by atoms with E-state index < -0.39 is 0 Å². The average molecular weight is 471 g/mol. The molecule has 4 heteroatoms. The zero-order chi connectivity index (χ0) is 24.8. The Balaban J connectivity index is 0. The highest BCUT2D eigenvalue weighted by molar-refractivity contribution is 5.66. The first-order valence-corrected chi connectivity index (χ1v) is 14.3. The SMILES string of the molecule is CCCCCCCCCCCCCOC(C)=O.CCCCCCCCCCCCOC(C)=O. The molecule has 0 aromatic carbocycles. The largest absolute Gasteiger partial charge is 0.466 e. The zero-order valence-corrected chi connectivity index (χ0v) is 22.9. The van der Waals surface area contributed by atoms with Crippen molar-refractivity contribution >= 4 is 11.9 Å². The molecule has 0 N–H and O–H groups in total. The number of carbonyl (C=O) groups excluding carboxylic acids is 2. The van der Waals surface area contributed by atoms with Crippen molar-refractivity contribution < 1.29 is 19.1 Å². The standard InChI is InChI=1S/C15H30O2.C14H28O2/c1-3-4-5-6-7-8-9-10-11-12-13-14-17-15(2)16;1-3-4-5-6-7-8-9-10-11-12-13-16-14(2)15/h3-14H2,1-2H3;3-13H2,1-2H3. The minimum atomic E-state index is -0.157. The molecule has 0 spiro atoms. The molecular weight excluding hydrogens is 412 g/mol.